The van der Waals surface area contributed by atoms with Gasteiger partial charge in [-0.25, -0.2) is 4.79 Å². The Morgan fingerprint density at radius 2 is 1.79 bits per heavy atom. The van der Waals surface area contributed by atoms with Gasteiger partial charge in [-0.05, 0) is 37.8 Å². The summed E-state index contributed by atoms with van der Waals surface area (Å²) in [5.41, 5.74) is 0. The Morgan fingerprint density at radius 1 is 1.16 bits per heavy atom. The van der Waals surface area contributed by atoms with Crippen LogP contribution in [0.25, 0.3) is 0 Å². The number of carbonyl (C=O) groups excluding carboxylic acids is 1. The maximum absolute atomic E-state index is 12.1. The summed E-state index contributed by atoms with van der Waals surface area (Å²) in [6, 6.07) is -0.705. The zero-order chi connectivity index (χ0) is 13.8. The minimum atomic E-state index is -0.890. The molecule has 19 heavy (non-hydrogen) atoms. The van der Waals surface area contributed by atoms with Gasteiger partial charge in [-0.3, -0.25) is 4.79 Å². The molecule has 1 saturated heterocycles. The van der Waals surface area contributed by atoms with Crippen LogP contribution in [0, 0.1) is 17.8 Å². The number of carbonyl (C=O) groups is 2. The van der Waals surface area contributed by atoms with Crippen LogP contribution in [-0.2, 0) is 9.59 Å². The van der Waals surface area contributed by atoms with E-state index in [9.17, 15) is 14.7 Å². The van der Waals surface area contributed by atoms with Crippen molar-refractivity contribution in [2.75, 3.05) is 13.1 Å². The third kappa shape index (κ3) is 3.47. The third-order valence-corrected chi connectivity index (χ3v) is 4.62. The average molecular weight is 268 g/mol. The highest BCUT2D eigenvalue weighted by Crippen LogP contribution is 2.27. The van der Waals surface area contributed by atoms with Crippen LogP contribution >= 0.6 is 0 Å². The molecule has 1 amide bonds. The highest BCUT2D eigenvalue weighted by Gasteiger charge is 2.34. The van der Waals surface area contributed by atoms with E-state index in [1.54, 1.807) is 0 Å². The molecule has 3 N–H and O–H groups in total. The van der Waals surface area contributed by atoms with E-state index in [-0.39, 0.29) is 17.7 Å². The van der Waals surface area contributed by atoms with Crippen molar-refractivity contribution in [2.45, 2.75) is 45.1 Å². The van der Waals surface area contributed by atoms with Crippen LogP contribution in [0.5, 0.6) is 0 Å². The number of nitrogens with one attached hydrogen (secondary N) is 2. The third-order valence-electron chi connectivity index (χ3n) is 4.62. The number of carboxylic acid groups (broad SMARTS) is 1. The molecule has 2 rings (SSSR count). The van der Waals surface area contributed by atoms with Crippen molar-refractivity contribution >= 4 is 11.9 Å². The van der Waals surface area contributed by atoms with E-state index in [2.05, 4.69) is 10.6 Å². The summed E-state index contributed by atoms with van der Waals surface area (Å²) in [7, 11) is 0. The van der Waals surface area contributed by atoms with E-state index in [0.717, 1.165) is 38.8 Å². The Bertz CT molecular complexity index is 336. The predicted octanol–water partition coefficient (Wildman–Crippen LogP) is 0.992. The van der Waals surface area contributed by atoms with Gasteiger partial charge in [-0.1, -0.05) is 26.2 Å². The molecule has 0 aromatic rings. The summed E-state index contributed by atoms with van der Waals surface area (Å²) in [5, 5.41) is 15.2. The summed E-state index contributed by atoms with van der Waals surface area (Å²) < 4.78 is 0. The maximum atomic E-state index is 12.1. The van der Waals surface area contributed by atoms with Crippen LogP contribution in [0.4, 0.5) is 0 Å². The van der Waals surface area contributed by atoms with Crippen molar-refractivity contribution in [3.05, 3.63) is 0 Å². The van der Waals surface area contributed by atoms with Gasteiger partial charge in [0.1, 0.15) is 6.04 Å². The molecule has 5 heteroatoms. The first-order valence-electron chi connectivity index (χ1n) is 7.33. The Morgan fingerprint density at radius 3 is 2.26 bits per heavy atom. The molecular formula is C14H24N2O3. The topological polar surface area (TPSA) is 78.4 Å². The van der Waals surface area contributed by atoms with Crippen LogP contribution in [0.2, 0.25) is 0 Å². The van der Waals surface area contributed by atoms with Crippen molar-refractivity contribution in [1.82, 2.24) is 10.6 Å². The van der Waals surface area contributed by atoms with E-state index < -0.39 is 12.0 Å². The molecular weight excluding hydrogens is 244 g/mol. The van der Waals surface area contributed by atoms with Gasteiger partial charge in [0, 0.05) is 5.92 Å². The first kappa shape index (κ1) is 14.3. The Kier molecular flexibility index (Phi) is 4.80. The zero-order valence-electron chi connectivity index (χ0n) is 11.5. The van der Waals surface area contributed by atoms with Gasteiger partial charge in [0.25, 0.3) is 0 Å². The SMILES string of the molecule is CC(C(=O)NC(C(=O)O)C1CCCCC1)C1CNC1. The Balaban J connectivity index is 1.91. The van der Waals surface area contributed by atoms with Gasteiger partial charge < -0.3 is 15.7 Å². The predicted molar refractivity (Wildman–Crippen MR) is 71.7 cm³/mol. The molecule has 108 valence electrons. The standard InChI is InChI=1S/C14H24N2O3/c1-9(11-7-15-8-11)13(17)16-12(14(18)19)10-5-3-2-4-6-10/h9-12,15H,2-8H2,1H3,(H,16,17)(H,18,19). The fourth-order valence-electron chi connectivity index (χ4n) is 3.01. The Hall–Kier alpha value is -1.10. The molecule has 0 aromatic heterocycles. The summed E-state index contributed by atoms with van der Waals surface area (Å²) in [5.74, 6) is -0.655. The lowest BCUT2D eigenvalue weighted by molar-refractivity contribution is -0.144. The zero-order valence-corrected chi connectivity index (χ0v) is 11.5. The largest absolute Gasteiger partial charge is 0.480 e. The molecule has 5 nitrogen and oxygen atoms in total. The highest BCUT2D eigenvalue weighted by atomic mass is 16.4. The molecule has 2 fully saturated rings. The summed E-state index contributed by atoms with van der Waals surface area (Å²) in [4.78, 5) is 23.5. The van der Waals surface area contributed by atoms with Crippen molar-refractivity contribution < 1.29 is 14.7 Å². The van der Waals surface area contributed by atoms with E-state index in [1.165, 1.54) is 6.42 Å². The van der Waals surface area contributed by atoms with Gasteiger partial charge in [-0.2, -0.15) is 0 Å². The lowest BCUT2D eigenvalue weighted by Gasteiger charge is -2.34. The quantitative estimate of drug-likeness (QED) is 0.695. The van der Waals surface area contributed by atoms with E-state index in [4.69, 9.17) is 0 Å². The smallest absolute Gasteiger partial charge is 0.326 e. The van der Waals surface area contributed by atoms with Gasteiger partial charge in [0.15, 0.2) is 0 Å². The molecule has 1 heterocycles. The maximum Gasteiger partial charge on any atom is 0.326 e. The van der Waals surface area contributed by atoms with E-state index >= 15 is 0 Å². The van der Waals surface area contributed by atoms with Crippen LogP contribution in [0.15, 0.2) is 0 Å². The summed E-state index contributed by atoms with van der Waals surface area (Å²) in [6.45, 7) is 3.60. The highest BCUT2D eigenvalue weighted by molar-refractivity contribution is 5.85. The van der Waals surface area contributed by atoms with Crippen LogP contribution in [-0.4, -0.2) is 36.1 Å². The lowest BCUT2D eigenvalue weighted by atomic mass is 9.83. The van der Waals surface area contributed by atoms with E-state index in [0.29, 0.717) is 5.92 Å². The van der Waals surface area contributed by atoms with Crippen molar-refractivity contribution in [3.63, 3.8) is 0 Å². The number of carboxylic acids is 1. The van der Waals surface area contributed by atoms with Crippen LogP contribution < -0.4 is 10.6 Å². The molecule has 1 aliphatic carbocycles. The normalized spacial score (nSPS) is 24.3. The monoisotopic (exact) mass is 268 g/mol. The molecule has 2 aliphatic rings. The molecule has 1 saturated carbocycles. The lowest BCUT2D eigenvalue weighted by Crippen LogP contribution is -2.53. The van der Waals surface area contributed by atoms with Crippen molar-refractivity contribution in [3.8, 4) is 0 Å². The number of hydrogen-bond acceptors (Lipinski definition) is 3. The average Bonchev–Trinajstić information content (AvgIpc) is 2.34. The second kappa shape index (κ2) is 6.37. The minimum absolute atomic E-state index is 0.0990. The van der Waals surface area contributed by atoms with Gasteiger partial charge in [0.05, 0.1) is 0 Å². The number of aliphatic carboxylic acids is 1. The number of hydrogen-bond donors (Lipinski definition) is 3. The second-order valence-electron chi connectivity index (χ2n) is 5.93. The van der Waals surface area contributed by atoms with Crippen LogP contribution in [0.1, 0.15) is 39.0 Å². The van der Waals surface area contributed by atoms with Crippen LogP contribution in [0.3, 0.4) is 0 Å². The molecule has 1 aliphatic heterocycles. The molecule has 2 atom stereocenters. The first-order valence-corrected chi connectivity index (χ1v) is 7.33. The summed E-state index contributed by atoms with van der Waals surface area (Å²) in [6.07, 6.45) is 5.16. The molecule has 0 spiro atoms. The first-order chi connectivity index (χ1) is 9.09. The number of amides is 1. The number of rotatable bonds is 5. The molecule has 0 aromatic carbocycles. The molecule has 0 radical (unpaired) electrons. The molecule has 2 unspecified atom stereocenters. The van der Waals surface area contributed by atoms with Crippen molar-refractivity contribution in [2.24, 2.45) is 17.8 Å². The van der Waals surface area contributed by atoms with E-state index in [1.807, 2.05) is 6.92 Å². The van der Waals surface area contributed by atoms with Gasteiger partial charge in [-0.15, -0.1) is 0 Å². The fraction of sp³-hybridized carbons (Fsp3) is 0.857. The molecule has 0 bridgehead atoms. The van der Waals surface area contributed by atoms with Gasteiger partial charge >= 0.3 is 5.97 Å². The summed E-state index contributed by atoms with van der Waals surface area (Å²) >= 11 is 0. The Labute approximate surface area is 114 Å². The van der Waals surface area contributed by atoms with Crippen molar-refractivity contribution in [1.29, 1.82) is 0 Å². The minimum Gasteiger partial charge on any atom is -0.480 e. The second-order valence-corrected chi connectivity index (χ2v) is 5.93. The van der Waals surface area contributed by atoms with Gasteiger partial charge in [0.2, 0.25) is 5.91 Å². The fourth-order valence-corrected chi connectivity index (χ4v) is 3.01.